The Morgan fingerprint density at radius 3 is 2.87 bits per heavy atom. The Morgan fingerprint density at radius 2 is 2.27 bits per heavy atom. The summed E-state index contributed by atoms with van der Waals surface area (Å²) in [5.74, 6) is 0. The Labute approximate surface area is 94.0 Å². The molecule has 1 aliphatic heterocycles. The molecule has 1 rings (SSSR count). The third kappa shape index (κ3) is 4.09. The van der Waals surface area contributed by atoms with Crippen molar-refractivity contribution in [3.05, 3.63) is 0 Å². The van der Waals surface area contributed by atoms with E-state index in [4.69, 9.17) is 10.5 Å². The van der Waals surface area contributed by atoms with Crippen LogP contribution in [-0.4, -0.2) is 43.8 Å². The average molecular weight is 214 g/mol. The van der Waals surface area contributed by atoms with Crippen LogP contribution < -0.4 is 5.73 Å². The second-order valence-electron chi connectivity index (χ2n) is 4.62. The molecule has 90 valence electrons. The molecule has 1 fully saturated rings. The maximum atomic E-state index is 5.58. The standard InChI is InChI=1S/C12H26N2O/c1-11-6-3-4-9-14(11)12(10-15-2)7-5-8-13/h11-12H,3-10,13H2,1-2H3. The van der Waals surface area contributed by atoms with E-state index in [0.29, 0.717) is 6.04 Å². The van der Waals surface area contributed by atoms with Crippen LogP contribution in [0.3, 0.4) is 0 Å². The lowest BCUT2D eigenvalue weighted by Gasteiger charge is -2.39. The molecular formula is C12H26N2O. The zero-order valence-electron chi connectivity index (χ0n) is 10.2. The van der Waals surface area contributed by atoms with Crippen molar-refractivity contribution < 1.29 is 4.74 Å². The molecule has 15 heavy (non-hydrogen) atoms. The van der Waals surface area contributed by atoms with E-state index < -0.39 is 0 Å². The van der Waals surface area contributed by atoms with E-state index in [-0.39, 0.29) is 0 Å². The van der Waals surface area contributed by atoms with Crippen LogP contribution >= 0.6 is 0 Å². The molecule has 3 nitrogen and oxygen atoms in total. The van der Waals surface area contributed by atoms with Crippen LogP contribution in [0.1, 0.15) is 39.0 Å². The summed E-state index contributed by atoms with van der Waals surface area (Å²) in [6.45, 7) is 5.22. The van der Waals surface area contributed by atoms with Gasteiger partial charge in [0, 0.05) is 19.2 Å². The average Bonchev–Trinajstić information content (AvgIpc) is 2.25. The fourth-order valence-electron chi connectivity index (χ4n) is 2.55. The van der Waals surface area contributed by atoms with Crippen molar-refractivity contribution in [3.8, 4) is 0 Å². The molecule has 0 aromatic rings. The first-order valence-corrected chi connectivity index (χ1v) is 6.24. The van der Waals surface area contributed by atoms with Gasteiger partial charge in [-0.05, 0) is 45.7 Å². The van der Waals surface area contributed by atoms with E-state index in [1.165, 1.54) is 32.2 Å². The quantitative estimate of drug-likeness (QED) is 0.730. The summed E-state index contributed by atoms with van der Waals surface area (Å²) in [6.07, 6.45) is 6.34. The Hall–Kier alpha value is -0.120. The number of likely N-dealkylation sites (tertiary alicyclic amines) is 1. The second kappa shape index (κ2) is 7.20. The summed E-state index contributed by atoms with van der Waals surface area (Å²) < 4.78 is 5.32. The van der Waals surface area contributed by atoms with E-state index in [1.807, 2.05) is 0 Å². The monoisotopic (exact) mass is 214 g/mol. The van der Waals surface area contributed by atoms with Gasteiger partial charge in [0.25, 0.3) is 0 Å². The second-order valence-corrected chi connectivity index (χ2v) is 4.62. The maximum absolute atomic E-state index is 5.58. The predicted octanol–water partition coefficient (Wildman–Crippen LogP) is 1.61. The number of nitrogens with two attached hydrogens (primary N) is 1. The first-order valence-electron chi connectivity index (χ1n) is 6.24. The van der Waals surface area contributed by atoms with Gasteiger partial charge >= 0.3 is 0 Å². The van der Waals surface area contributed by atoms with Gasteiger partial charge < -0.3 is 10.5 Å². The highest BCUT2D eigenvalue weighted by Crippen LogP contribution is 2.21. The lowest BCUT2D eigenvalue weighted by atomic mass is 9.99. The third-order valence-corrected chi connectivity index (χ3v) is 3.42. The van der Waals surface area contributed by atoms with Gasteiger partial charge in [-0.2, -0.15) is 0 Å². The molecule has 2 atom stereocenters. The molecule has 0 radical (unpaired) electrons. The fourth-order valence-corrected chi connectivity index (χ4v) is 2.55. The van der Waals surface area contributed by atoms with Gasteiger partial charge in [-0.15, -0.1) is 0 Å². The van der Waals surface area contributed by atoms with Crippen molar-refractivity contribution in [2.24, 2.45) is 5.73 Å². The third-order valence-electron chi connectivity index (χ3n) is 3.42. The molecule has 1 saturated heterocycles. The number of hydrogen-bond donors (Lipinski definition) is 1. The number of ether oxygens (including phenoxy) is 1. The Kier molecular flexibility index (Phi) is 6.22. The Balaban J connectivity index is 2.44. The lowest BCUT2D eigenvalue weighted by molar-refractivity contribution is 0.0416. The van der Waals surface area contributed by atoms with Crippen molar-refractivity contribution in [2.75, 3.05) is 26.8 Å². The zero-order chi connectivity index (χ0) is 11.1. The van der Waals surface area contributed by atoms with E-state index in [1.54, 1.807) is 7.11 Å². The largest absolute Gasteiger partial charge is 0.383 e. The van der Waals surface area contributed by atoms with Crippen molar-refractivity contribution in [1.29, 1.82) is 0 Å². The first kappa shape index (κ1) is 12.9. The van der Waals surface area contributed by atoms with Crippen molar-refractivity contribution >= 4 is 0 Å². The molecule has 2 N–H and O–H groups in total. The van der Waals surface area contributed by atoms with Crippen molar-refractivity contribution in [1.82, 2.24) is 4.90 Å². The van der Waals surface area contributed by atoms with E-state index in [2.05, 4.69) is 11.8 Å². The Morgan fingerprint density at radius 1 is 1.47 bits per heavy atom. The maximum Gasteiger partial charge on any atom is 0.0618 e. The molecule has 0 aromatic heterocycles. The van der Waals surface area contributed by atoms with Crippen LogP contribution in [0.5, 0.6) is 0 Å². The highest BCUT2D eigenvalue weighted by Gasteiger charge is 2.25. The number of rotatable bonds is 6. The highest BCUT2D eigenvalue weighted by atomic mass is 16.5. The highest BCUT2D eigenvalue weighted by molar-refractivity contribution is 4.80. The minimum absolute atomic E-state index is 0.578. The van der Waals surface area contributed by atoms with Gasteiger partial charge in [-0.3, -0.25) is 4.90 Å². The van der Waals surface area contributed by atoms with Crippen molar-refractivity contribution in [3.63, 3.8) is 0 Å². The van der Waals surface area contributed by atoms with Gasteiger partial charge in [0.1, 0.15) is 0 Å². The first-order chi connectivity index (χ1) is 7.29. The molecule has 0 spiro atoms. The molecule has 3 heteroatoms. The molecule has 0 bridgehead atoms. The number of nitrogens with zero attached hydrogens (tertiary/aromatic N) is 1. The zero-order valence-corrected chi connectivity index (χ0v) is 10.2. The van der Waals surface area contributed by atoms with Crippen LogP contribution in [0.15, 0.2) is 0 Å². The fraction of sp³-hybridized carbons (Fsp3) is 1.00. The summed E-state index contributed by atoms with van der Waals surface area (Å²) in [7, 11) is 1.80. The molecule has 0 saturated carbocycles. The molecular weight excluding hydrogens is 188 g/mol. The van der Waals surface area contributed by atoms with Gasteiger partial charge in [-0.1, -0.05) is 6.42 Å². The van der Waals surface area contributed by atoms with Crippen LogP contribution in [0.2, 0.25) is 0 Å². The summed E-state index contributed by atoms with van der Waals surface area (Å²) in [5.41, 5.74) is 5.58. The molecule has 2 unspecified atom stereocenters. The summed E-state index contributed by atoms with van der Waals surface area (Å²) in [4.78, 5) is 2.61. The normalized spacial score (nSPS) is 25.4. The van der Waals surface area contributed by atoms with Gasteiger partial charge in [-0.25, -0.2) is 0 Å². The summed E-state index contributed by atoms with van der Waals surface area (Å²) >= 11 is 0. The lowest BCUT2D eigenvalue weighted by Crippen LogP contribution is -2.47. The van der Waals surface area contributed by atoms with Crippen LogP contribution in [-0.2, 0) is 4.74 Å². The van der Waals surface area contributed by atoms with Gasteiger partial charge in [0.2, 0.25) is 0 Å². The topological polar surface area (TPSA) is 38.5 Å². The van der Waals surface area contributed by atoms with E-state index in [9.17, 15) is 0 Å². The molecule has 0 amide bonds. The van der Waals surface area contributed by atoms with Crippen LogP contribution in [0.25, 0.3) is 0 Å². The minimum Gasteiger partial charge on any atom is -0.383 e. The summed E-state index contributed by atoms with van der Waals surface area (Å²) in [6, 6.07) is 1.30. The van der Waals surface area contributed by atoms with Gasteiger partial charge in [0.15, 0.2) is 0 Å². The molecule has 1 aliphatic rings. The predicted molar refractivity (Wildman–Crippen MR) is 64.0 cm³/mol. The van der Waals surface area contributed by atoms with E-state index >= 15 is 0 Å². The molecule has 0 aromatic carbocycles. The van der Waals surface area contributed by atoms with E-state index in [0.717, 1.165) is 25.6 Å². The van der Waals surface area contributed by atoms with Crippen LogP contribution in [0.4, 0.5) is 0 Å². The summed E-state index contributed by atoms with van der Waals surface area (Å²) in [5, 5.41) is 0. The molecule has 1 heterocycles. The SMILES string of the molecule is COCC(CCCN)N1CCCCC1C. The Bertz CT molecular complexity index is 164. The molecule has 0 aliphatic carbocycles. The number of piperidine rings is 1. The van der Waals surface area contributed by atoms with Crippen molar-refractivity contribution in [2.45, 2.75) is 51.1 Å². The van der Waals surface area contributed by atoms with Gasteiger partial charge in [0.05, 0.1) is 6.61 Å². The number of hydrogen-bond acceptors (Lipinski definition) is 3. The smallest absolute Gasteiger partial charge is 0.0618 e. The van der Waals surface area contributed by atoms with Crippen LogP contribution in [0, 0.1) is 0 Å². The minimum atomic E-state index is 0.578. The number of methoxy groups -OCH3 is 1.